The van der Waals surface area contributed by atoms with Crippen LogP contribution in [0.3, 0.4) is 0 Å². The van der Waals surface area contributed by atoms with Crippen LogP contribution in [0.5, 0.6) is 0 Å². The van der Waals surface area contributed by atoms with Gasteiger partial charge < -0.3 is 9.47 Å². The monoisotopic (exact) mass is 515 g/mol. The average Bonchev–Trinajstić information content (AvgIpc) is 3.28. The first-order chi connectivity index (χ1) is 16.3. The van der Waals surface area contributed by atoms with Gasteiger partial charge in [-0.1, -0.05) is 47.5 Å². The summed E-state index contributed by atoms with van der Waals surface area (Å²) in [6, 6.07) is 12.7. The van der Waals surface area contributed by atoms with E-state index in [4.69, 9.17) is 23.2 Å². The highest BCUT2D eigenvalue weighted by atomic mass is 35.5. The first kappa shape index (κ1) is 24.4. The highest BCUT2D eigenvalue weighted by Gasteiger charge is 2.35. The zero-order valence-electron chi connectivity index (χ0n) is 18.8. The minimum absolute atomic E-state index is 0.0254. The van der Waals surface area contributed by atoms with Gasteiger partial charge in [-0.2, -0.15) is 0 Å². The van der Waals surface area contributed by atoms with Gasteiger partial charge >= 0.3 is 0 Å². The molecule has 1 aromatic heterocycles. The molecule has 3 amide bonds. The first-order valence-electron chi connectivity index (χ1n) is 10.9. The van der Waals surface area contributed by atoms with Crippen LogP contribution in [0.1, 0.15) is 25.0 Å². The molecule has 0 atom stereocenters. The molecule has 1 saturated heterocycles. The lowest BCUT2D eigenvalue weighted by Crippen LogP contribution is -2.33. The van der Waals surface area contributed by atoms with Gasteiger partial charge in [0.25, 0.3) is 11.1 Å². The molecular weight excluding hydrogens is 493 g/mol. The Hall–Kier alpha value is -2.74. The Morgan fingerprint density at radius 1 is 1.09 bits per heavy atom. The number of likely N-dealkylation sites (N-methyl/N-ethyl adjacent to an activating group) is 1. The smallest absolute Gasteiger partial charge is 0.293 e. The number of halogens is 2. The van der Waals surface area contributed by atoms with Gasteiger partial charge in [-0.25, -0.2) is 0 Å². The number of carbonyl (C=O) groups excluding carboxylic acids is 3. The van der Waals surface area contributed by atoms with Crippen LogP contribution in [0.15, 0.2) is 53.6 Å². The molecule has 0 bridgehead atoms. The zero-order chi connectivity index (χ0) is 24.4. The Morgan fingerprint density at radius 3 is 2.53 bits per heavy atom. The molecule has 4 rings (SSSR count). The van der Waals surface area contributed by atoms with Crippen molar-refractivity contribution in [3.63, 3.8) is 0 Å². The van der Waals surface area contributed by atoms with Crippen molar-refractivity contribution in [3.05, 3.63) is 74.7 Å². The average molecular weight is 516 g/mol. The zero-order valence-corrected chi connectivity index (χ0v) is 21.1. The number of aromatic nitrogens is 1. The topological polar surface area (TPSA) is 62.6 Å². The first-order valence-corrected chi connectivity index (χ1v) is 12.4. The molecule has 176 valence electrons. The lowest BCUT2D eigenvalue weighted by Gasteiger charge is -2.19. The normalized spacial score (nSPS) is 15.1. The van der Waals surface area contributed by atoms with E-state index in [-0.39, 0.29) is 30.1 Å². The summed E-state index contributed by atoms with van der Waals surface area (Å²) in [5.41, 5.74) is 2.31. The molecule has 34 heavy (non-hydrogen) atoms. The van der Waals surface area contributed by atoms with Crippen molar-refractivity contribution in [3.8, 4) is 0 Å². The van der Waals surface area contributed by atoms with E-state index in [1.54, 1.807) is 29.2 Å². The molecule has 6 nitrogen and oxygen atoms in total. The summed E-state index contributed by atoms with van der Waals surface area (Å²) < 4.78 is 1.89. The Balaban J connectivity index is 1.63. The van der Waals surface area contributed by atoms with E-state index >= 15 is 0 Å². The van der Waals surface area contributed by atoms with Crippen LogP contribution in [0.2, 0.25) is 10.0 Å². The number of nitrogens with zero attached hydrogens (tertiary/aromatic N) is 3. The van der Waals surface area contributed by atoms with Gasteiger partial charge in [-0.3, -0.25) is 19.3 Å². The molecule has 0 spiro atoms. The van der Waals surface area contributed by atoms with Gasteiger partial charge in [0, 0.05) is 45.8 Å². The van der Waals surface area contributed by atoms with Crippen LogP contribution in [-0.4, -0.2) is 44.5 Å². The fourth-order valence-corrected chi connectivity index (χ4v) is 5.24. The molecule has 9 heteroatoms. The van der Waals surface area contributed by atoms with Crippen LogP contribution in [-0.2, 0) is 22.7 Å². The largest absolute Gasteiger partial charge is 0.342 e. The summed E-state index contributed by atoms with van der Waals surface area (Å²) in [4.78, 5) is 41.7. The van der Waals surface area contributed by atoms with Crippen molar-refractivity contribution in [2.45, 2.75) is 26.9 Å². The third-order valence-electron chi connectivity index (χ3n) is 5.74. The molecule has 1 fully saturated rings. The number of carbonyl (C=O) groups is 3. The van der Waals surface area contributed by atoms with E-state index in [0.29, 0.717) is 33.6 Å². The van der Waals surface area contributed by atoms with Crippen molar-refractivity contribution in [1.82, 2.24) is 14.4 Å². The van der Waals surface area contributed by atoms with Crippen molar-refractivity contribution in [2.75, 3.05) is 13.1 Å². The quantitative estimate of drug-likeness (QED) is 0.359. The van der Waals surface area contributed by atoms with Crippen molar-refractivity contribution in [2.24, 2.45) is 0 Å². The fourth-order valence-electron chi connectivity index (χ4n) is 3.94. The number of hydrogen-bond donors (Lipinski definition) is 0. The predicted octanol–water partition coefficient (Wildman–Crippen LogP) is 6.05. The number of amides is 3. The maximum absolute atomic E-state index is 13.1. The molecule has 0 unspecified atom stereocenters. The molecule has 1 aliphatic heterocycles. The second kappa shape index (κ2) is 10.3. The van der Waals surface area contributed by atoms with Crippen LogP contribution < -0.4 is 0 Å². The highest BCUT2D eigenvalue weighted by molar-refractivity contribution is 8.18. The Labute approximate surface area is 212 Å². The molecule has 1 aliphatic rings. The second-order valence-electron chi connectivity index (χ2n) is 7.80. The molecule has 2 heterocycles. The number of imide groups is 1. The van der Waals surface area contributed by atoms with E-state index < -0.39 is 0 Å². The van der Waals surface area contributed by atoms with Gasteiger partial charge in [-0.15, -0.1) is 0 Å². The van der Waals surface area contributed by atoms with Gasteiger partial charge in [0.05, 0.1) is 11.4 Å². The van der Waals surface area contributed by atoms with E-state index in [9.17, 15) is 14.4 Å². The summed E-state index contributed by atoms with van der Waals surface area (Å²) in [7, 11) is 0. The molecule has 0 N–H and O–H groups in total. The summed E-state index contributed by atoms with van der Waals surface area (Å²) in [6.45, 7) is 5.46. The number of thioether (sulfide) groups is 1. The van der Waals surface area contributed by atoms with Crippen LogP contribution in [0.4, 0.5) is 4.79 Å². The maximum atomic E-state index is 13.1. The number of rotatable bonds is 7. The van der Waals surface area contributed by atoms with Crippen LogP contribution in [0.25, 0.3) is 17.0 Å². The second-order valence-corrected chi connectivity index (χ2v) is 9.64. The van der Waals surface area contributed by atoms with E-state index in [0.717, 1.165) is 28.2 Å². The molecule has 0 radical (unpaired) electrons. The van der Waals surface area contributed by atoms with E-state index in [2.05, 4.69) is 0 Å². The summed E-state index contributed by atoms with van der Waals surface area (Å²) in [5.74, 6) is -0.352. The Morgan fingerprint density at radius 2 is 1.82 bits per heavy atom. The molecule has 0 saturated carbocycles. The lowest BCUT2D eigenvalue weighted by molar-refractivity contribution is -0.131. The van der Waals surface area contributed by atoms with Gasteiger partial charge in [0.2, 0.25) is 5.91 Å². The SMILES string of the molecule is CCN(CC)C(=O)Cn1cc(/C=C2\SC(=O)N(Cc3ccc(Cl)cc3Cl)C2=O)c2ccccc21. The molecule has 2 aromatic carbocycles. The predicted molar refractivity (Wildman–Crippen MR) is 138 cm³/mol. The van der Waals surface area contributed by atoms with Crippen LogP contribution in [0, 0.1) is 0 Å². The molecular formula is C25H23Cl2N3O3S. The minimum atomic E-state index is -0.378. The summed E-state index contributed by atoms with van der Waals surface area (Å²) >= 11 is 13.1. The highest BCUT2D eigenvalue weighted by Crippen LogP contribution is 2.36. The van der Waals surface area contributed by atoms with Crippen molar-refractivity contribution < 1.29 is 14.4 Å². The third kappa shape index (κ3) is 4.87. The number of para-hydroxylation sites is 1. The molecule has 0 aliphatic carbocycles. The maximum Gasteiger partial charge on any atom is 0.293 e. The van der Waals surface area contributed by atoms with Gasteiger partial charge in [0.15, 0.2) is 0 Å². The number of fused-ring (bicyclic) bond motifs is 1. The van der Waals surface area contributed by atoms with Gasteiger partial charge in [-0.05, 0) is 55.4 Å². The van der Waals surface area contributed by atoms with Crippen molar-refractivity contribution in [1.29, 1.82) is 0 Å². The fraction of sp³-hybridized carbons (Fsp3) is 0.240. The number of benzene rings is 2. The van der Waals surface area contributed by atoms with Crippen molar-refractivity contribution >= 4 is 69.0 Å². The lowest BCUT2D eigenvalue weighted by atomic mass is 10.1. The molecule has 3 aromatic rings. The minimum Gasteiger partial charge on any atom is -0.342 e. The summed E-state index contributed by atoms with van der Waals surface area (Å²) in [5, 5.41) is 1.43. The Kier molecular flexibility index (Phi) is 7.36. The summed E-state index contributed by atoms with van der Waals surface area (Å²) in [6.07, 6.45) is 3.57. The van der Waals surface area contributed by atoms with E-state index in [1.807, 2.05) is 48.9 Å². The number of hydrogen-bond acceptors (Lipinski definition) is 4. The standard InChI is InChI=1S/C25H23Cl2N3O3S/c1-3-28(4-2)23(31)15-29-13-17(19-7-5-6-8-21(19)29)11-22-24(32)30(25(33)34-22)14-16-9-10-18(26)12-20(16)27/h5-13H,3-4,14-15H2,1-2H3/b22-11-. The van der Waals surface area contributed by atoms with Crippen LogP contribution >= 0.6 is 35.0 Å². The third-order valence-corrected chi connectivity index (χ3v) is 7.24. The van der Waals surface area contributed by atoms with Gasteiger partial charge in [0.1, 0.15) is 6.54 Å². The van der Waals surface area contributed by atoms with E-state index in [1.165, 1.54) is 4.90 Å². The Bertz CT molecular complexity index is 1310.